The molecule has 160 valence electrons. The van der Waals surface area contributed by atoms with E-state index in [2.05, 4.69) is 34.7 Å². The van der Waals surface area contributed by atoms with Crippen LogP contribution in [0.2, 0.25) is 0 Å². The Morgan fingerprint density at radius 2 is 1.59 bits per heavy atom. The average Bonchev–Trinajstić information content (AvgIpc) is 3.26. The minimum atomic E-state index is 0.641. The molecule has 6 heteroatoms. The van der Waals surface area contributed by atoms with E-state index >= 15 is 0 Å². The van der Waals surface area contributed by atoms with Gasteiger partial charge in [0, 0.05) is 40.7 Å². The van der Waals surface area contributed by atoms with Gasteiger partial charge in [-0.15, -0.1) is 0 Å². The van der Waals surface area contributed by atoms with Crippen LogP contribution in [0.4, 0.5) is 5.82 Å². The molecule has 0 amide bonds. The largest absolute Gasteiger partial charge is 0.493 e. The van der Waals surface area contributed by atoms with Crippen molar-refractivity contribution in [2.45, 2.75) is 6.42 Å². The second-order valence-corrected chi connectivity index (χ2v) is 7.52. The third-order valence-corrected chi connectivity index (χ3v) is 5.59. The quantitative estimate of drug-likeness (QED) is 0.363. The zero-order chi connectivity index (χ0) is 21.9. The van der Waals surface area contributed by atoms with E-state index in [4.69, 9.17) is 19.4 Å². The van der Waals surface area contributed by atoms with Crippen molar-refractivity contribution in [3.05, 3.63) is 78.5 Å². The Bertz CT molecular complexity index is 1380. The van der Waals surface area contributed by atoms with Gasteiger partial charge in [0.25, 0.3) is 0 Å². The number of hydrogen-bond donors (Lipinski definition) is 2. The van der Waals surface area contributed by atoms with Gasteiger partial charge in [0.05, 0.1) is 19.7 Å². The standard InChI is InChI=1S/C26H24N4O2/c1-31-23-14-20-22(15-24(23)32-2)29-25(17-8-4-3-5-9-17)30-26(20)27-13-12-18-16-28-21-11-7-6-10-19(18)21/h3-11,14-16,28H,12-13H2,1-2H3,(H,27,29,30). The van der Waals surface area contributed by atoms with Crippen LogP contribution < -0.4 is 14.8 Å². The molecule has 0 saturated heterocycles. The van der Waals surface area contributed by atoms with Crippen LogP contribution in [0.5, 0.6) is 11.5 Å². The maximum Gasteiger partial charge on any atom is 0.162 e. The Morgan fingerprint density at radius 3 is 2.41 bits per heavy atom. The monoisotopic (exact) mass is 424 g/mol. The van der Waals surface area contributed by atoms with E-state index in [1.54, 1.807) is 14.2 Å². The fraction of sp³-hybridized carbons (Fsp3) is 0.154. The van der Waals surface area contributed by atoms with Crippen molar-refractivity contribution >= 4 is 27.6 Å². The van der Waals surface area contributed by atoms with Crippen LogP contribution in [0.25, 0.3) is 33.2 Å². The molecule has 3 aromatic carbocycles. The second kappa shape index (κ2) is 8.59. The molecule has 0 aliphatic rings. The maximum absolute atomic E-state index is 5.51. The fourth-order valence-corrected chi connectivity index (χ4v) is 3.96. The Balaban J connectivity index is 1.52. The summed E-state index contributed by atoms with van der Waals surface area (Å²) in [6.45, 7) is 0.733. The van der Waals surface area contributed by atoms with Gasteiger partial charge in [-0.05, 0) is 24.1 Å². The minimum Gasteiger partial charge on any atom is -0.493 e. The van der Waals surface area contributed by atoms with Gasteiger partial charge in [0.2, 0.25) is 0 Å². The topological polar surface area (TPSA) is 72.1 Å². The summed E-state index contributed by atoms with van der Waals surface area (Å²) in [5, 5.41) is 5.67. The first kappa shape index (κ1) is 19.9. The normalized spacial score (nSPS) is 11.1. The molecule has 0 aliphatic carbocycles. The summed E-state index contributed by atoms with van der Waals surface area (Å²) in [6, 6.07) is 22.2. The fourth-order valence-electron chi connectivity index (χ4n) is 3.96. The molecule has 0 fully saturated rings. The van der Waals surface area contributed by atoms with Crippen molar-refractivity contribution < 1.29 is 9.47 Å². The lowest BCUT2D eigenvalue weighted by Gasteiger charge is -2.14. The van der Waals surface area contributed by atoms with Crippen molar-refractivity contribution in [2.75, 3.05) is 26.1 Å². The maximum atomic E-state index is 5.51. The number of aromatic amines is 1. The predicted molar refractivity (Wildman–Crippen MR) is 129 cm³/mol. The Kier molecular flexibility index (Phi) is 5.34. The molecular weight excluding hydrogens is 400 g/mol. The molecule has 0 atom stereocenters. The minimum absolute atomic E-state index is 0.641. The zero-order valence-corrected chi connectivity index (χ0v) is 18.1. The van der Waals surface area contributed by atoms with Crippen LogP contribution in [-0.2, 0) is 6.42 Å². The van der Waals surface area contributed by atoms with E-state index < -0.39 is 0 Å². The Morgan fingerprint density at radius 1 is 0.844 bits per heavy atom. The van der Waals surface area contributed by atoms with Gasteiger partial charge >= 0.3 is 0 Å². The summed E-state index contributed by atoms with van der Waals surface area (Å²) in [6.07, 6.45) is 2.94. The molecule has 32 heavy (non-hydrogen) atoms. The number of para-hydroxylation sites is 1. The summed E-state index contributed by atoms with van der Waals surface area (Å²) in [4.78, 5) is 13.0. The van der Waals surface area contributed by atoms with Crippen LogP contribution in [0.1, 0.15) is 5.56 Å². The average molecular weight is 425 g/mol. The summed E-state index contributed by atoms with van der Waals surface area (Å²) in [5.74, 6) is 2.73. The first-order valence-electron chi connectivity index (χ1n) is 10.5. The lowest BCUT2D eigenvalue weighted by Crippen LogP contribution is -2.08. The Hall–Kier alpha value is -4.06. The highest BCUT2D eigenvalue weighted by Gasteiger charge is 2.14. The molecule has 6 nitrogen and oxygen atoms in total. The molecule has 2 N–H and O–H groups in total. The number of anilines is 1. The SMILES string of the molecule is COc1cc2nc(-c3ccccc3)nc(NCCc3c[nH]c4ccccc34)c2cc1OC. The molecule has 0 spiro atoms. The van der Waals surface area contributed by atoms with Crippen molar-refractivity contribution in [3.63, 3.8) is 0 Å². The Labute approximate surface area is 186 Å². The van der Waals surface area contributed by atoms with E-state index in [0.29, 0.717) is 17.3 Å². The summed E-state index contributed by atoms with van der Waals surface area (Å²) >= 11 is 0. The van der Waals surface area contributed by atoms with E-state index in [0.717, 1.165) is 40.8 Å². The second-order valence-electron chi connectivity index (χ2n) is 7.52. The number of aromatic nitrogens is 3. The number of fused-ring (bicyclic) bond motifs is 2. The molecule has 0 radical (unpaired) electrons. The molecule has 2 aromatic heterocycles. The number of methoxy groups -OCH3 is 2. The molecule has 0 saturated carbocycles. The molecule has 0 bridgehead atoms. The first-order chi connectivity index (χ1) is 15.8. The molecule has 0 unspecified atom stereocenters. The van der Waals surface area contributed by atoms with Gasteiger partial charge in [-0.1, -0.05) is 48.5 Å². The number of rotatable bonds is 7. The van der Waals surface area contributed by atoms with Crippen LogP contribution in [0, 0.1) is 0 Å². The van der Waals surface area contributed by atoms with E-state index in [1.165, 1.54) is 10.9 Å². The predicted octanol–water partition coefficient (Wildman–Crippen LogP) is 5.45. The van der Waals surface area contributed by atoms with Crippen molar-refractivity contribution in [1.82, 2.24) is 15.0 Å². The number of nitrogens with zero attached hydrogens (tertiary/aromatic N) is 2. The smallest absolute Gasteiger partial charge is 0.162 e. The van der Waals surface area contributed by atoms with Gasteiger partial charge in [0.15, 0.2) is 17.3 Å². The molecule has 2 heterocycles. The van der Waals surface area contributed by atoms with E-state index in [-0.39, 0.29) is 0 Å². The van der Waals surface area contributed by atoms with Crippen molar-refractivity contribution in [1.29, 1.82) is 0 Å². The third kappa shape index (κ3) is 3.71. The summed E-state index contributed by atoms with van der Waals surface area (Å²) in [5.41, 5.74) is 4.18. The van der Waals surface area contributed by atoms with E-state index in [1.807, 2.05) is 48.5 Å². The molecule has 5 rings (SSSR count). The molecule has 5 aromatic rings. The van der Waals surface area contributed by atoms with E-state index in [9.17, 15) is 0 Å². The summed E-state index contributed by atoms with van der Waals surface area (Å²) < 4.78 is 11.0. The lowest BCUT2D eigenvalue weighted by molar-refractivity contribution is 0.356. The van der Waals surface area contributed by atoms with Gasteiger partial charge in [-0.3, -0.25) is 0 Å². The summed E-state index contributed by atoms with van der Waals surface area (Å²) in [7, 11) is 3.26. The van der Waals surface area contributed by atoms with Gasteiger partial charge in [-0.2, -0.15) is 0 Å². The number of ether oxygens (including phenoxy) is 2. The number of benzene rings is 3. The zero-order valence-electron chi connectivity index (χ0n) is 18.1. The highest BCUT2D eigenvalue weighted by atomic mass is 16.5. The van der Waals surface area contributed by atoms with Crippen LogP contribution >= 0.6 is 0 Å². The number of H-pyrrole nitrogens is 1. The highest BCUT2D eigenvalue weighted by Crippen LogP contribution is 2.35. The number of hydrogen-bond acceptors (Lipinski definition) is 5. The van der Waals surface area contributed by atoms with Gasteiger partial charge in [0.1, 0.15) is 5.82 Å². The van der Waals surface area contributed by atoms with Crippen molar-refractivity contribution in [2.24, 2.45) is 0 Å². The molecule has 0 aliphatic heterocycles. The van der Waals surface area contributed by atoms with Crippen LogP contribution in [0.15, 0.2) is 72.9 Å². The van der Waals surface area contributed by atoms with Crippen LogP contribution in [-0.4, -0.2) is 35.7 Å². The molecular formula is C26H24N4O2. The van der Waals surface area contributed by atoms with Gasteiger partial charge < -0.3 is 19.8 Å². The van der Waals surface area contributed by atoms with Gasteiger partial charge in [-0.25, -0.2) is 9.97 Å². The third-order valence-electron chi connectivity index (χ3n) is 5.59. The lowest BCUT2D eigenvalue weighted by atomic mass is 10.1. The van der Waals surface area contributed by atoms with Crippen molar-refractivity contribution in [3.8, 4) is 22.9 Å². The first-order valence-corrected chi connectivity index (χ1v) is 10.5. The highest BCUT2D eigenvalue weighted by molar-refractivity contribution is 5.93. The number of nitrogens with one attached hydrogen (secondary N) is 2. The van der Waals surface area contributed by atoms with Crippen LogP contribution in [0.3, 0.4) is 0 Å².